The summed E-state index contributed by atoms with van der Waals surface area (Å²) in [5.74, 6) is -4.45. The molecule has 4 N–H and O–H groups in total. The number of alkyl carbamates (subject to hydrolysis) is 1. The number of aliphatic carboxylic acids is 1. The number of carbonyl (C=O) groups excluding carboxylic acids is 3. The van der Waals surface area contributed by atoms with Crippen molar-refractivity contribution in [3.8, 4) is 0 Å². The van der Waals surface area contributed by atoms with Crippen LogP contribution in [0.4, 0.5) is 10.5 Å². The second-order valence-electron chi connectivity index (χ2n) is 9.19. The van der Waals surface area contributed by atoms with Gasteiger partial charge in [0, 0.05) is 5.69 Å². The van der Waals surface area contributed by atoms with Gasteiger partial charge in [0.15, 0.2) is 0 Å². The summed E-state index contributed by atoms with van der Waals surface area (Å²) >= 11 is 0. The molecule has 0 saturated carbocycles. The van der Waals surface area contributed by atoms with Gasteiger partial charge >= 0.3 is 18.0 Å². The second kappa shape index (κ2) is 13.7. The number of nitrogens with zero attached hydrogens (tertiary/aromatic N) is 1. The van der Waals surface area contributed by atoms with E-state index in [0.29, 0.717) is 11.1 Å². The van der Waals surface area contributed by atoms with Crippen molar-refractivity contribution in [2.45, 2.75) is 26.0 Å². The van der Waals surface area contributed by atoms with Crippen molar-refractivity contribution in [1.29, 1.82) is 0 Å². The summed E-state index contributed by atoms with van der Waals surface area (Å²) in [5.41, 5.74) is 0.571. The predicted molar refractivity (Wildman–Crippen MR) is 152 cm³/mol. The molecule has 0 spiro atoms. The molecule has 0 bridgehead atoms. The van der Waals surface area contributed by atoms with Gasteiger partial charge < -0.3 is 25.2 Å². The first-order valence-electron chi connectivity index (χ1n) is 13.0. The van der Waals surface area contributed by atoms with Gasteiger partial charge in [-0.1, -0.05) is 60.7 Å². The number of nitrogens with one attached hydrogen (secondary N) is 3. The number of esters is 1. The molecule has 1 aromatic heterocycles. The topological polar surface area (TPSA) is 177 Å². The van der Waals surface area contributed by atoms with Crippen molar-refractivity contribution in [1.82, 2.24) is 15.5 Å². The Bertz CT molecular complexity index is 1640. The van der Waals surface area contributed by atoms with Crippen LogP contribution in [-0.2, 0) is 32.1 Å². The lowest BCUT2D eigenvalue weighted by molar-refractivity contribution is -0.144. The number of H-pyrrole nitrogens is 1. The van der Waals surface area contributed by atoms with Gasteiger partial charge in [-0.25, -0.2) is 9.59 Å². The SMILES string of the molecule is CCOC(=O)c1n[nH]c2ccc(NC(=O)[C@@H](NC(=O)OCc3ccccc3)C(Cc3ccccc3)C(=O)O)cc2c1=O. The third-order valence-corrected chi connectivity index (χ3v) is 6.29. The van der Waals surface area contributed by atoms with Crippen molar-refractivity contribution in [2.75, 3.05) is 11.9 Å². The van der Waals surface area contributed by atoms with Crippen molar-refractivity contribution in [3.05, 3.63) is 106 Å². The van der Waals surface area contributed by atoms with E-state index in [1.54, 1.807) is 67.6 Å². The van der Waals surface area contributed by atoms with Crippen LogP contribution in [0, 0.1) is 5.92 Å². The number of rotatable bonds is 11. The Balaban J connectivity index is 1.61. The average molecular weight is 573 g/mol. The van der Waals surface area contributed by atoms with Crippen molar-refractivity contribution in [2.24, 2.45) is 5.92 Å². The number of fused-ring (bicyclic) bond motifs is 1. The molecule has 0 aliphatic rings. The first kappa shape index (κ1) is 29.5. The highest BCUT2D eigenvalue weighted by molar-refractivity contribution is 6.01. The fourth-order valence-corrected chi connectivity index (χ4v) is 4.22. The molecule has 0 aliphatic carbocycles. The lowest BCUT2D eigenvalue weighted by Crippen LogP contribution is -2.51. The van der Waals surface area contributed by atoms with Crippen LogP contribution >= 0.6 is 0 Å². The van der Waals surface area contributed by atoms with Crippen LogP contribution in [0.5, 0.6) is 0 Å². The highest BCUT2D eigenvalue weighted by Gasteiger charge is 2.36. The van der Waals surface area contributed by atoms with E-state index in [1.807, 2.05) is 0 Å². The largest absolute Gasteiger partial charge is 0.481 e. The third-order valence-electron chi connectivity index (χ3n) is 6.29. The Kier molecular flexibility index (Phi) is 9.61. The van der Waals surface area contributed by atoms with Gasteiger partial charge in [-0.2, -0.15) is 5.10 Å². The predicted octanol–water partition coefficient (Wildman–Crippen LogP) is 3.28. The van der Waals surface area contributed by atoms with Crippen LogP contribution in [0.3, 0.4) is 0 Å². The summed E-state index contributed by atoms with van der Waals surface area (Å²) < 4.78 is 10.1. The summed E-state index contributed by atoms with van der Waals surface area (Å²) in [5, 5.41) is 21.5. The van der Waals surface area contributed by atoms with E-state index in [-0.39, 0.29) is 36.2 Å². The van der Waals surface area contributed by atoms with E-state index >= 15 is 0 Å². The maximum atomic E-state index is 13.5. The van der Waals surface area contributed by atoms with Gasteiger partial charge in [-0.3, -0.25) is 19.5 Å². The van der Waals surface area contributed by atoms with Crippen LogP contribution < -0.4 is 16.1 Å². The van der Waals surface area contributed by atoms with Crippen LogP contribution in [-0.4, -0.2) is 51.9 Å². The molecular weight excluding hydrogens is 544 g/mol. The van der Waals surface area contributed by atoms with Gasteiger partial charge in [0.05, 0.1) is 23.4 Å². The Morgan fingerprint density at radius 1 is 0.929 bits per heavy atom. The Morgan fingerprint density at radius 2 is 1.60 bits per heavy atom. The zero-order chi connectivity index (χ0) is 30.1. The number of ether oxygens (including phenoxy) is 2. The fourth-order valence-electron chi connectivity index (χ4n) is 4.22. The van der Waals surface area contributed by atoms with E-state index in [4.69, 9.17) is 9.47 Å². The fraction of sp³-hybridized carbons (Fsp3) is 0.200. The first-order chi connectivity index (χ1) is 20.3. The lowest BCUT2D eigenvalue weighted by Gasteiger charge is -2.24. The number of anilines is 1. The maximum Gasteiger partial charge on any atom is 0.408 e. The number of aromatic nitrogens is 2. The highest BCUT2D eigenvalue weighted by Crippen LogP contribution is 2.19. The molecule has 12 nitrogen and oxygen atoms in total. The summed E-state index contributed by atoms with van der Waals surface area (Å²) in [7, 11) is 0. The van der Waals surface area contributed by atoms with Gasteiger partial charge in [0.2, 0.25) is 17.0 Å². The minimum Gasteiger partial charge on any atom is -0.481 e. The molecule has 4 aromatic rings. The van der Waals surface area contributed by atoms with Gasteiger partial charge in [-0.05, 0) is 42.7 Å². The molecule has 1 heterocycles. The number of aromatic amines is 1. The van der Waals surface area contributed by atoms with E-state index in [0.717, 1.165) is 0 Å². The molecule has 12 heteroatoms. The number of carbonyl (C=O) groups is 4. The quantitative estimate of drug-likeness (QED) is 0.196. The molecule has 216 valence electrons. The molecule has 0 saturated heterocycles. The zero-order valence-corrected chi connectivity index (χ0v) is 22.5. The van der Waals surface area contributed by atoms with Gasteiger partial charge in [-0.15, -0.1) is 0 Å². The van der Waals surface area contributed by atoms with Crippen molar-refractivity contribution < 1.29 is 33.8 Å². The zero-order valence-electron chi connectivity index (χ0n) is 22.5. The lowest BCUT2D eigenvalue weighted by atomic mass is 9.91. The van der Waals surface area contributed by atoms with Gasteiger partial charge in [0.25, 0.3) is 0 Å². The Labute approximate surface area is 239 Å². The van der Waals surface area contributed by atoms with Crippen LogP contribution in [0.1, 0.15) is 28.5 Å². The molecule has 0 fully saturated rings. The molecule has 4 rings (SSSR count). The van der Waals surface area contributed by atoms with E-state index in [1.165, 1.54) is 18.2 Å². The molecule has 0 radical (unpaired) electrons. The Hall–Kier alpha value is -5.52. The monoisotopic (exact) mass is 572 g/mol. The molecular formula is C30H28N4O8. The molecule has 2 atom stereocenters. The second-order valence-corrected chi connectivity index (χ2v) is 9.19. The van der Waals surface area contributed by atoms with E-state index in [9.17, 15) is 29.1 Å². The van der Waals surface area contributed by atoms with Crippen molar-refractivity contribution in [3.63, 3.8) is 0 Å². The Morgan fingerprint density at radius 3 is 2.24 bits per heavy atom. The highest BCUT2D eigenvalue weighted by atomic mass is 16.5. The minimum absolute atomic E-state index is 0.0386. The summed E-state index contributed by atoms with van der Waals surface area (Å²) in [6.45, 7) is 1.54. The summed E-state index contributed by atoms with van der Waals surface area (Å²) in [4.78, 5) is 63.6. The average Bonchev–Trinajstić information content (AvgIpc) is 2.99. The number of carboxylic acids is 1. The molecule has 0 aliphatic heterocycles. The minimum atomic E-state index is -1.56. The normalized spacial score (nSPS) is 12.1. The first-order valence-corrected chi connectivity index (χ1v) is 13.0. The molecule has 2 amide bonds. The van der Waals surface area contributed by atoms with Gasteiger partial charge in [0.1, 0.15) is 12.6 Å². The molecule has 3 aromatic carbocycles. The summed E-state index contributed by atoms with van der Waals surface area (Å²) in [6, 6.07) is 20.2. The third kappa shape index (κ3) is 7.36. The van der Waals surface area contributed by atoms with Crippen LogP contribution in [0.15, 0.2) is 83.7 Å². The van der Waals surface area contributed by atoms with E-state index in [2.05, 4.69) is 20.8 Å². The molecule has 42 heavy (non-hydrogen) atoms. The number of amides is 2. The van der Waals surface area contributed by atoms with Crippen molar-refractivity contribution >= 4 is 40.5 Å². The number of hydrogen-bond donors (Lipinski definition) is 4. The maximum absolute atomic E-state index is 13.5. The van der Waals surface area contributed by atoms with Crippen LogP contribution in [0.2, 0.25) is 0 Å². The standard InChI is InChI=1S/C30H28N4O8/c1-2-41-29(39)25-26(35)21-16-20(13-14-23(21)33-34-25)31-27(36)24(22(28(37)38)15-18-9-5-3-6-10-18)32-30(40)42-17-19-11-7-4-8-12-19/h3-14,16,22,24H,2,15,17H2,1H3,(H,31,36)(H,32,40)(H,33,35)(H,37,38)/t22?,24-/m0/s1. The van der Waals surface area contributed by atoms with Crippen LogP contribution in [0.25, 0.3) is 10.9 Å². The number of hydrogen-bond acceptors (Lipinski definition) is 8. The number of carboxylic acid groups (broad SMARTS) is 1. The summed E-state index contributed by atoms with van der Waals surface area (Å²) in [6.07, 6.45) is -1.06. The van der Waals surface area contributed by atoms with E-state index < -0.39 is 47.0 Å². The molecule has 1 unspecified atom stereocenters. The smallest absolute Gasteiger partial charge is 0.408 e. The number of benzene rings is 3.